The van der Waals surface area contributed by atoms with Crippen molar-refractivity contribution in [3.63, 3.8) is 0 Å². The van der Waals surface area contributed by atoms with Crippen LogP contribution in [0.1, 0.15) is 27.3 Å². The van der Waals surface area contributed by atoms with Crippen molar-refractivity contribution in [2.75, 3.05) is 10.6 Å². The first kappa shape index (κ1) is 17.9. The lowest BCUT2D eigenvalue weighted by Crippen LogP contribution is -2.17. The summed E-state index contributed by atoms with van der Waals surface area (Å²) in [5.74, 6) is 0.0703. The molecular weight excluding hydrogens is 348 g/mol. The molecule has 0 unspecified atom stereocenters. The van der Waals surface area contributed by atoms with Gasteiger partial charge in [-0.25, -0.2) is 9.97 Å². The molecule has 0 radical (unpaired) electrons. The average Bonchev–Trinajstić information content (AvgIpc) is 2.57. The van der Waals surface area contributed by atoms with Gasteiger partial charge < -0.3 is 10.6 Å². The quantitative estimate of drug-likeness (QED) is 0.678. The molecule has 0 aliphatic carbocycles. The smallest absolute Gasteiger partial charge is 0.274 e. The number of hydrogen-bond acceptors (Lipinski definition) is 4. The zero-order valence-electron chi connectivity index (χ0n) is 14.8. The van der Waals surface area contributed by atoms with Gasteiger partial charge in [0.2, 0.25) is 5.95 Å². The Morgan fingerprint density at radius 1 is 0.962 bits per heavy atom. The van der Waals surface area contributed by atoms with Crippen molar-refractivity contribution in [1.29, 1.82) is 0 Å². The summed E-state index contributed by atoms with van der Waals surface area (Å²) in [7, 11) is 0. The highest BCUT2D eigenvalue weighted by Gasteiger charge is 2.13. The predicted molar refractivity (Wildman–Crippen MR) is 105 cm³/mol. The van der Waals surface area contributed by atoms with E-state index in [0.717, 1.165) is 22.5 Å². The van der Waals surface area contributed by atoms with Gasteiger partial charge in [0.05, 0.1) is 0 Å². The molecule has 26 heavy (non-hydrogen) atoms. The van der Waals surface area contributed by atoms with Crippen LogP contribution >= 0.6 is 11.6 Å². The highest BCUT2D eigenvalue weighted by Crippen LogP contribution is 2.21. The zero-order chi connectivity index (χ0) is 18.7. The van der Waals surface area contributed by atoms with Gasteiger partial charge in [-0.1, -0.05) is 35.9 Å². The normalized spacial score (nSPS) is 10.5. The lowest BCUT2D eigenvalue weighted by molar-refractivity contribution is 0.102. The van der Waals surface area contributed by atoms with Gasteiger partial charge in [-0.05, 0) is 56.2 Å². The second-order valence-electron chi connectivity index (χ2n) is 6.07. The summed E-state index contributed by atoms with van der Waals surface area (Å²) in [6.45, 7) is 5.74. The van der Waals surface area contributed by atoms with Gasteiger partial charge in [0.1, 0.15) is 5.69 Å². The van der Waals surface area contributed by atoms with Crippen molar-refractivity contribution in [3.8, 4) is 0 Å². The zero-order valence-corrected chi connectivity index (χ0v) is 15.6. The maximum absolute atomic E-state index is 12.7. The van der Waals surface area contributed by atoms with Crippen LogP contribution in [0.5, 0.6) is 0 Å². The number of amides is 1. The number of carbonyl (C=O) groups is 1. The van der Waals surface area contributed by atoms with E-state index in [1.807, 2.05) is 51.1 Å². The van der Waals surface area contributed by atoms with Crippen LogP contribution in [0, 0.1) is 20.8 Å². The van der Waals surface area contributed by atoms with E-state index in [1.165, 1.54) is 0 Å². The van der Waals surface area contributed by atoms with Crippen LogP contribution in [0.25, 0.3) is 0 Å². The fraction of sp³-hybridized carbons (Fsp3) is 0.150. The molecule has 0 aliphatic rings. The van der Waals surface area contributed by atoms with Gasteiger partial charge in [-0.2, -0.15) is 0 Å². The third-order valence-electron chi connectivity index (χ3n) is 3.89. The number of aryl methyl sites for hydroxylation is 3. The van der Waals surface area contributed by atoms with Crippen molar-refractivity contribution >= 4 is 34.8 Å². The second-order valence-corrected chi connectivity index (χ2v) is 6.51. The van der Waals surface area contributed by atoms with Crippen LogP contribution in [0.4, 0.5) is 17.3 Å². The summed E-state index contributed by atoms with van der Waals surface area (Å²) in [5.41, 5.74) is 4.55. The number of carbonyl (C=O) groups excluding carboxylic acids is 1. The molecule has 3 aromatic rings. The topological polar surface area (TPSA) is 66.9 Å². The van der Waals surface area contributed by atoms with Crippen LogP contribution in [0.3, 0.4) is 0 Å². The molecule has 1 heterocycles. The molecule has 0 bridgehead atoms. The minimum absolute atomic E-state index is 0.276. The first-order chi connectivity index (χ1) is 12.4. The van der Waals surface area contributed by atoms with Crippen molar-refractivity contribution < 1.29 is 4.79 Å². The molecule has 1 amide bonds. The Hall–Kier alpha value is -2.92. The molecule has 0 aliphatic heterocycles. The Labute approximate surface area is 157 Å². The second kappa shape index (κ2) is 7.54. The lowest BCUT2D eigenvalue weighted by atomic mass is 10.1. The molecule has 0 atom stereocenters. The summed E-state index contributed by atoms with van der Waals surface area (Å²) in [6, 6.07) is 14.8. The summed E-state index contributed by atoms with van der Waals surface area (Å²) in [6.07, 6.45) is 0. The van der Waals surface area contributed by atoms with E-state index in [4.69, 9.17) is 11.6 Å². The van der Waals surface area contributed by atoms with Gasteiger partial charge in [0.15, 0.2) is 0 Å². The van der Waals surface area contributed by atoms with E-state index in [9.17, 15) is 4.79 Å². The number of halogens is 1. The highest BCUT2D eigenvalue weighted by atomic mass is 35.5. The van der Waals surface area contributed by atoms with Gasteiger partial charge in [-0.15, -0.1) is 0 Å². The van der Waals surface area contributed by atoms with Crippen molar-refractivity contribution in [2.45, 2.75) is 20.8 Å². The summed E-state index contributed by atoms with van der Waals surface area (Å²) >= 11 is 6.00. The highest BCUT2D eigenvalue weighted by molar-refractivity contribution is 6.30. The van der Waals surface area contributed by atoms with Crippen LogP contribution in [-0.2, 0) is 0 Å². The summed E-state index contributed by atoms with van der Waals surface area (Å²) in [4.78, 5) is 21.4. The van der Waals surface area contributed by atoms with Crippen LogP contribution < -0.4 is 10.6 Å². The minimum atomic E-state index is -0.276. The fourth-order valence-corrected chi connectivity index (χ4v) is 2.82. The molecule has 3 rings (SSSR count). The standard InChI is InChI=1S/C20H19ClN4O/c1-12-6-4-7-13(2)18(12)25-19(26)17-10-14(3)22-20(24-17)23-16-9-5-8-15(21)11-16/h4-11H,1-3H3,(H,25,26)(H,22,23,24). The molecule has 0 saturated heterocycles. The maximum Gasteiger partial charge on any atom is 0.274 e. The number of hydrogen-bond donors (Lipinski definition) is 2. The molecule has 5 nitrogen and oxygen atoms in total. The number of nitrogens with one attached hydrogen (secondary N) is 2. The Bertz CT molecular complexity index is 952. The molecule has 0 saturated carbocycles. The fourth-order valence-electron chi connectivity index (χ4n) is 2.63. The van der Waals surface area contributed by atoms with Gasteiger partial charge in [-0.3, -0.25) is 4.79 Å². The van der Waals surface area contributed by atoms with E-state index in [1.54, 1.807) is 18.2 Å². The first-order valence-corrected chi connectivity index (χ1v) is 8.56. The number of nitrogens with zero attached hydrogens (tertiary/aromatic N) is 2. The Kier molecular flexibility index (Phi) is 5.19. The predicted octanol–water partition coefficient (Wildman–Crippen LogP) is 5.05. The SMILES string of the molecule is Cc1cc(C(=O)Nc2c(C)cccc2C)nc(Nc2cccc(Cl)c2)n1. The molecule has 6 heteroatoms. The van der Waals surface area contributed by atoms with Crippen LogP contribution in [0.15, 0.2) is 48.5 Å². The van der Waals surface area contributed by atoms with Crippen molar-refractivity contribution in [1.82, 2.24) is 9.97 Å². The van der Waals surface area contributed by atoms with Crippen LogP contribution in [-0.4, -0.2) is 15.9 Å². The van der Waals surface area contributed by atoms with E-state index in [2.05, 4.69) is 20.6 Å². The Morgan fingerprint density at radius 3 is 2.35 bits per heavy atom. The van der Waals surface area contributed by atoms with E-state index >= 15 is 0 Å². The number of benzene rings is 2. The van der Waals surface area contributed by atoms with E-state index in [-0.39, 0.29) is 5.91 Å². The third-order valence-corrected chi connectivity index (χ3v) is 4.12. The number of rotatable bonds is 4. The maximum atomic E-state index is 12.7. The average molecular weight is 367 g/mol. The summed E-state index contributed by atoms with van der Waals surface area (Å²) < 4.78 is 0. The molecule has 132 valence electrons. The Morgan fingerprint density at radius 2 is 1.65 bits per heavy atom. The van der Waals surface area contributed by atoms with Crippen molar-refractivity contribution in [2.24, 2.45) is 0 Å². The van der Waals surface area contributed by atoms with E-state index in [0.29, 0.717) is 22.4 Å². The largest absolute Gasteiger partial charge is 0.324 e. The Balaban J connectivity index is 1.86. The van der Waals surface area contributed by atoms with E-state index < -0.39 is 0 Å². The third kappa shape index (κ3) is 4.18. The molecule has 2 aromatic carbocycles. The monoisotopic (exact) mass is 366 g/mol. The molecule has 0 spiro atoms. The molecule has 0 fully saturated rings. The van der Waals surface area contributed by atoms with Crippen molar-refractivity contribution in [3.05, 3.63) is 76.1 Å². The number of anilines is 3. The first-order valence-electron chi connectivity index (χ1n) is 8.18. The van der Waals surface area contributed by atoms with Gasteiger partial charge in [0.25, 0.3) is 5.91 Å². The van der Waals surface area contributed by atoms with Gasteiger partial charge in [0, 0.05) is 22.1 Å². The molecule has 1 aromatic heterocycles. The molecular formula is C20H19ClN4O. The van der Waals surface area contributed by atoms with Crippen LogP contribution in [0.2, 0.25) is 5.02 Å². The molecule has 2 N–H and O–H groups in total. The number of para-hydroxylation sites is 1. The van der Waals surface area contributed by atoms with Gasteiger partial charge >= 0.3 is 0 Å². The lowest BCUT2D eigenvalue weighted by Gasteiger charge is -2.12. The minimum Gasteiger partial charge on any atom is -0.324 e. The number of aromatic nitrogens is 2. The summed E-state index contributed by atoms with van der Waals surface area (Å²) in [5, 5.41) is 6.63.